The molecule has 0 radical (unpaired) electrons. The third-order valence-electron chi connectivity index (χ3n) is 6.41. The minimum atomic E-state index is -0.634. The number of aliphatic hydroxyl groups is 1. The van der Waals surface area contributed by atoms with Crippen molar-refractivity contribution in [1.29, 1.82) is 0 Å². The second-order valence-corrected chi connectivity index (χ2v) is 8.65. The summed E-state index contributed by atoms with van der Waals surface area (Å²) in [5.41, 5.74) is 9.11. The van der Waals surface area contributed by atoms with Crippen molar-refractivity contribution in [3.63, 3.8) is 0 Å². The lowest BCUT2D eigenvalue weighted by atomic mass is 9.97. The van der Waals surface area contributed by atoms with Gasteiger partial charge in [-0.15, -0.1) is 0 Å². The number of carbonyl (C=O) groups is 2. The summed E-state index contributed by atoms with van der Waals surface area (Å²) in [5, 5.41) is 13.2. The van der Waals surface area contributed by atoms with Crippen molar-refractivity contribution in [2.45, 2.75) is 24.5 Å². The van der Waals surface area contributed by atoms with Crippen LogP contribution >= 0.6 is 0 Å². The zero-order valence-corrected chi connectivity index (χ0v) is 19.5. The Morgan fingerprint density at radius 2 is 1.91 bits per heavy atom. The first-order chi connectivity index (χ1) is 16.5. The number of aliphatic hydroxyl groups excluding tert-OH is 1. The highest BCUT2D eigenvalue weighted by molar-refractivity contribution is 5.96. The van der Waals surface area contributed by atoms with Crippen molar-refractivity contribution in [2.75, 3.05) is 47.0 Å². The van der Waals surface area contributed by atoms with Gasteiger partial charge >= 0.3 is 0 Å². The van der Waals surface area contributed by atoms with Crippen molar-refractivity contribution < 1.29 is 24.2 Å². The number of benzene rings is 2. The standard InChI is InChI=1S/C25H32N4O5/c1-33-9-8-26-24(31)17-5-3-4-16(10-17)22-12-20(30)15-29(22)25(32)18-6-7-21(23(11-18)34-2)19-13-27-28-14-19/h3-7,10-11,19-20,22,27-28,30H,8-9,12-15H2,1-2H3,(H,26,31)/t20?,22-/m1/s1. The Balaban J connectivity index is 1.55. The molecule has 34 heavy (non-hydrogen) atoms. The lowest BCUT2D eigenvalue weighted by molar-refractivity contribution is 0.0715. The highest BCUT2D eigenvalue weighted by atomic mass is 16.5. The number of carbonyl (C=O) groups excluding carboxylic acids is 2. The van der Waals surface area contributed by atoms with E-state index in [1.54, 1.807) is 43.4 Å². The second-order valence-electron chi connectivity index (χ2n) is 8.65. The molecule has 0 spiro atoms. The minimum Gasteiger partial charge on any atom is -0.496 e. The van der Waals surface area contributed by atoms with Gasteiger partial charge in [0.2, 0.25) is 0 Å². The largest absolute Gasteiger partial charge is 0.496 e. The van der Waals surface area contributed by atoms with Crippen LogP contribution in [0.4, 0.5) is 0 Å². The van der Waals surface area contributed by atoms with Gasteiger partial charge in [0.15, 0.2) is 0 Å². The monoisotopic (exact) mass is 468 g/mol. The molecule has 9 heteroatoms. The molecule has 0 bridgehead atoms. The molecule has 182 valence electrons. The van der Waals surface area contributed by atoms with E-state index in [-0.39, 0.29) is 30.3 Å². The fourth-order valence-electron chi connectivity index (χ4n) is 4.64. The fraction of sp³-hybridized carbons (Fsp3) is 0.440. The van der Waals surface area contributed by atoms with Crippen molar-refractivity contribution in [1.82, 2.24) is 21.1 Å². The molecule has 4 N–H and O–H groups in total. The fourth-order valence-corrected chi connectivity index (χ4v) is 4.64. The van der Waals surface area contributed by atoms with E-state index in [2.05, 4.69) is 16.2 Å². The molecule has 9 nitrogen and oxygen atoms in total. The number of nitrogens with one attached hydrogen (secondary N) is 3. The molecule has 0 saturated carbocycles. The number of methoxy groups -OCH3 is 2. The maximum absolute atomic E-state index is 13.5. The summed E-state index contributed by atoms with van der Waals surface area (Å²) in [5.74, 6) is 0.557. The number of β-amino-alcohol motifs (C(OH)–C–C–N with tert-alkyl or cyclic N) is 1. The van der Waals surface area contributed by atoms with Crippen molar-refractivity contribution in [2.24, 2.45) is 0 Å². The van der Waals surface area contributed by atoms with Crippen LogP contribution in [0.15, 0.2) is 42.5 Å². The van der Waals surface area contributed by atoms with Crippen LogP contribution in [0.3, 0.4) is 0 Å². The van der Waals surface area contributed by atoms with Gasteiger partial charge in [-0.1, -0.05) is 18.2 Å². The minimum absolute atomic E-state index is 0.177. The predicted octanol–water partition coefficient (Wildman–Crippen LogP) is 1.21. The first-order valence-corrected chi connectivity index (χ1v) is 11.5. The molecular weight excluding hydrogens is 436 g/mol. The molecule has 2 amide bonds. The number of likely N-dealkylation sites (tertiary alicyclic amines) is 1. The lowest BCUT2D eigenvalue weighted by Gasteiger charge is -2.26. The number of rotatable bonds is 8. The highest BCUT2D eigenvalue weighted by Crippen LogP contribution is 2.35. The second kappa shape index (κ2) is 11.0. The molecule has 2 aromatic rings. The van der Waals surface area contributed by atoms with Gasteiger partial charge in [-0.3, -0.25) is 20.4 Å². The van der Waals surface area contributed by atoms with E-state index in [4.69, 9.17) is 9.47 Å². The van der Waals surface area contributed by atoms with Gasteiger partial charge in [0.05, 0.1) is 25.9 Å². The third kappa shape index (κ3) is 5.23. The van der Waals surface area contributed by atoms with Gasteiger partial charge in [0.1, 0.15) is 5.75 Å². The molecule has 2 saturated heterocycles. The molecule has 2 aliphatic heterocycles. The Hall–Kier alpha value is -2.98. The quantitative estimate of drug-likeness (QED) is 0.431. The molecule has 2 fully saturated rings. The Morgan fingerprint density at radius 1 is 1.12 bits per heavy atom. The topological polar surface area (TPSA) is 112 Å². The number of hydrazine groups is 1. The smallest absolute Gasteiger partial charge is 0.254 e. The summed E-state index contributed by atoms with van der Waals surface area (Å²) in [6.45, 7) is 2.66. The Bertz CT molecular complexity index is 1020. The molecule has 0 aromatic heterocycles. The average molecular weight is 469 g/mol. The Labute approximate surface area is 199 Å². The van der Waals surface area contributed by atoms with Crippen LogP contribution in [-0.4, -0.2) is 74.9 Å². The van der Waals surface area contributed by atoms with Crippen molar-refractivity contribution in [3.05, 3.63) is 64.7 Å². The number of nitrogens with zero attached hydrogens (tertiary/aromatic N) is 1. The van der Waals surface area contributed by atoms with E-state index in [0.29, 0.717) is 36.4 Å². The van der Waals surface area contributed by atoms with Gasteiger partial charge in [-0.2, -0.15) is 0 Å². The molecule has 2 aromatic carbocycles. The van der Waals surface area contributed by atoms with Crippen LogP contribution in [-0.2, 0) is 4.74 Å². The molecule has 2 atom stereocenters. The van der Waals surface area contributed by atoms with E-state index >= 15 is 0 Å². The number of hydrogen-bond donors (Lipinski definition) is 4. The Kier molecular flexibility index (Phi) is 7.79. The van der Waals surface area contributed by atoms with E-state index in [9.17, 15) is 14.7 Å². The van der Waals surface area contributed by atoms with E-state index in [1.807, 2.05) is 18.2 Å². The van der Waals surface area contributed by atoms with E-state index < -0.39 is 6.10 Å². The third-order valence-corrected chi connectivity index (χ3v) is 6.41. The number of ether oxygens (including phenoxy) is 2. The Morgan fingerprint density at radius 3 is 2.65 bits per heavy atom. The van der Waals surface area contributed by atoms with E-state index in [1.165, 1.54) is 0 Å². The normalized spacial score (nSPS) is 20.5. The van der Waals surface area contributed by atoms with E-state index in [0.717, 1.165) is 24.2 Å². The summed E-state index contributed by atoms with van der Waals surface area (Å²) in [4.78, 5) is 27.7. The molecule has 2 heterocycles. The maximum atomic E-state index is 13.5. The summed E-state index contributed by atoms with van der Waals surface area (Å²) in [7, 11) is 3.19. The van der Waals surface area contributed by atoms with Crippen LogP contribution in [0.2, 0.25) is 0 Å². The van der Waals surface area contributed by atoms with Gasteiger partial charge in [0.25, 0.3) is 11.8 Å². The predicted molar refractivity (Wildman–Crippen MR) is 127 cm³/mol. The molecule has 2 aliphatic rings. The molecule has 0 aliphatic carbocycles. The summed E-state index contributed by atoms with van der Waals surface area (Å²) < 4.78 is 10.6. The van der Waals surface area contributed by atoms with Gasteiger partial charge in [0, 0.05) is 50.3 Å². The average Bonchev–Trinajstić information content (AvgIpc) is 3.53. The maximum Gasteiger partial charge on any atom is 0.254 e. The lowest BCUT2D eigenvalue weighted by Crippen LogP contribution is -2.32. The van der Waals surface area contributed by atoms with Gasteiger partial charge < -0.3 is 24.8 Å². The van der Waals surface area contributed by atoms with Crippen LogP contribution < -0.4 is 20.9 Å². The zero-order valence-electron chi connectivity index (χ0n) is 19.5. The first-order valence-electron chi connectivity index (χ1n) is 11.5. The first kappa shape index (κ1) is 24.2. The molecule has 4 rings (SSSR count). The number of amides is 2. The number of hydrogen-bond acceptors (Lipinski definition) is 7. The SMILES string of the molecule is COCCNC(=O)c1cccc([C@H]2CC(O)CN2C(=O)c2ccc(C3CNNC3)c(OC)c2)c1. The van der Waals surface area contributed by atoms with Crippen LogP contribution in [0, 0.1) is 0 Å². The van der Waals surface area contributed by atoms with Crippen LogP contribution in [0.25, 0.3) is 0 Å². The van der Waals surface area contributed by atoms with Gasteiger partial charge in [-0.05, 0) is 41.8 Å². The summed E-state index contributed by atoms with van der Waals surface area (Å²) >= 11 is 0. The summed E-state index contributed by atoms with van der Waals surface area (Å²) in [6, 6.07) is 12.4. The van der Waals surface area contributed by atoms with Crippen molar-refractivity contribution in [3.8, 4) is 5.75 Å². The zero-order chi connectivity index (χ0) is 24.1. The van der Waals surface area contributed by atoms with Crippen LogP contribution in [0.5, 0.6) is 5.75 Å². The summed E-state index contributed by atoms with van der Waals surface area (Å²) in [6.07, 6.45) is -0.222. The van der Waals surface area contributed by atoms with Crippen LogP contribution in [0.1, 0.15) is 50.2 Å². The highest BCUT2D eigenvalue weighted by Gasteiger charge is 2.36. The molecular formula is C25H32N4O5. The van der Waals surface area contributed by atoms with Crippen molar-refractivity contribution >= 4 is 11.8 Å². The van der Waals surface area contributed by atoms with Gasteiger partial charge in [-0.25, -0.2) is 0 Å². The molecule has 1 unspecified atom stereocenters.